The third kappa shape index (κ3) is 5.71. The van der Waals surface area contributed by atoms with Crippen molar-refractivity contribution in [1.82, 2.24) is 15.2 Å². The molecule has 1 aromatic heterocycles. The molecule has 7 nitrogen and oxygen atoms in total. The van der Waals surface area contributed by atoms with Gasteiger partial charge in [-0.05, 0) is 72.6 Å². The number of allylic oxidation sites excluding steroid dienone is 2. The maximum atomic E-state index is 10.6. The van der Waals surface area contributed by atoms with Gasteiger partial charge in [0.05, 0.1) is 17.9 Å². The molecule has 0 bridgehead atoms. The zero-order chi connectivity index (χ0) is 24.6. The lowest BCUT2D eigenvalue weighted by Crippen LogP contribution is -2.61. The predicted molar refractivity (Wildman–Crippen MR) is 136 cm³/mol. The van der Waals surface area contributed by atoms with Crippen LogP contribution in [0, 0.1) is 6.92 Å². The van der Waals surface area contributed by atoms with Crippen molar-refractivity contribution in [1.29, 1.82) is 0 Å². The van der Waals surface area contributed by atoms with Crippen LogP contribution in [0.3, 0.4) is 0 Å². The minimum absolute atomic E-state index is 0.0252. The van der Waals surface area contributed by atoms with E-state index in [9.17, 15) is 5.11 Å². The fourth-order valence-electron chi connectivity index (χ4n) is 5.00. The molecule has 1 aliphatic rings. The topological polar surface area (TPSA) is 110 Å². The molecule has 1 aliphatic heterocycles. The minimum atomic E-state index is 0.0252. The molecule has 0 aliphatic carbocycles. The summed E-state index contributed by atoms with van der Waals surface area (Å²) in [7, 11) is 2.02. The molecule has 33 heavy (non-hydrogen) atoms. The average molecular weight is 454 g/mol. The molecule has 0 amide bonds. The fourth-order valence-corrected chi connectivity index (χ4v) is 5.00. The van der Waals surface area contributed by atoms with Gasteiger partial charge in [-0.25, -0.2) is 0 Å². The molecule has 1 saturated heterocycles. The zero-order valence-electron chi connectivity index (χ0n) is 21.0. The van der Waals surface area contributed by atoms with Gasteiger partial charge in [0.2, 0.25) is 0 Å². The lowest BCUT2D eigenvalue weighted by atomic mass is 9.79. The number of nitrogens with one attached hydrogen (secondary N) is 1. The smallest absolute Gasteiger partial charge is 0.130 e. The number of aromatic hydroxyl groups is 1. The Hall–Kier alpha value is -2.93. The highest BCUT2D eigenvalue weighted by Gasteiger charge is 2.39. The molecule has 0 spiro atoms. The highest BCUT2D eigenvalue weighted by Crippen LogP contribution is 2.34. The van der Waals surface area contributed by atoms with Crippen LogP contribution < -0.4 is 21.5 Å². The van der Waals surface area contributed by atoms with Crippen LogP contribution in [0.1, 0.15) is 58.7 Å². The van der Waals surface area contributed by atoms with Gasteiger partial charge in [0.1, 0.15) is 11.5 Å². The predicted octanol–water partition coefficient (Wildman–Crippen LogP) is 3.99. The number of nitrogens with two attached hydrogens (primary N) is 2. The van der Waals surface area contributed by atoms with Gasteiger partial charge in [-0.1, -0.05) is 0 Å². The van der Waals surface area contributed by atoms with Crippen LogP contribution in [0.4, 0.5) is 0 Å². The van der Waals surface area contributed by atoms with E-state index in [4.69, 9.17) is 16.2 Å². The normalized spacial score (nSPS) is 19.0. The second-order valence-corrected chi connectivity index (χ2v) is 10.4. The van der Waals surface area contributed by atoms with Crippen LogP contribution in [-0.4, -0.2) is 45.8 Å². The van der Waals surface area contributed by atoms with E-state index in [2.05, 4.69) is 42.9 Å². The summed E-state index contributed by atoms with van der Waals surface area (Å²) in [5, 5.41) is 15.1. The van der Waals surface area contributed by atoms with E-state index < -0.39 is 0 Å². The summed E-state index contributed by atoms with van der Waals surface area (Å²) in [6, 6.07) is 5.64. The molecule has 2 heterocycles. The molecule has 6 N–H and O–H groups in total. The van der Waals surface area contributed by atoms with E-state index >= 15 is 0 Å². The number of pyridine rings is 1. The third-order valence-electron chi connectivity index (χ3n) is 6.18. The van der Waals surface area contributed by atoms with Crippen molar-refractivity contribution in [3.63, 3.8) is 0 Å². The van der Waals surface area contributed by atoms with Gasteiger partial charge in [0.15, 0.2) is 0 Å². The summed E-state index contributed by atoms with van der Waals surface area (Å²) in [4.78, 5) is 6.63. The van der Waals surface area contributed by atoms with Crippen LogP contribution in [0.5, 0.6) is 11.5 Å². The Balaban J connectivity index is 1.89. The number of fused-ring (bicyclic) bond motifs is 1. The number of benzene rings is 1. The van der Waals surface area contributed by atoms with E-state index in [0.29, 0.717) is 35.2 Å². The second kappa shape index (κ2) is 9.14. The monoisotopic (exact) mass is 453 g/mol. The molecule has 3 rings (SSSR count). The van der Waals surface area contributed by atoms with Crippen LogP contribution in [0.15, 0.2) is 36.2 Å². The molecule has 0 unspecified atom stereocenters. The summed E-state index contributed by atoms with van der Waals surface area (Å²) >= 11 is 0. The first-order chi connectivity index (χ1) is 15.3. The highest BCUT2D eigenvalue weighted by molar-refractivity contribution is 5.90. The molecular formula is C26H39N5O2. The number of phenols is 1. The third-order valence-corrected chi connectivity index (χ3v) is 6.18. The Morgan fingerprint density at radius 1 is 1.18 bits per heavy atom. The first-order valence-corrected chi connectivity index (χ1v) is 11.5. The molecule has 1 aromatic carbocycles. The number of phenolic OH excluding ortho intramolecular Hbond substituents is 1. The van der Waals surface area contributed by atoms with Crippen LogP contribution in [0.25, 0.3) is 16.6 Å². The number of aryl methyl sites for hydroxylation is 1. The Kier molecular flexibility index (Phi) is 6.84. The van der Waals surface area contributed by atoms with Gasteiger partial charge in [0, 0.05) is 58.6 Å². The number of ether oxygens (including phenoxy) is 1. The van der Waals surface area contributed by atoms with Gasteiger partial charge in [-0.2, -0.15) is 0 Å². The molecule has 7 heteroatoms. The zero-order valence-corrected chi connectivity index (χ0v) is 21.0. The van der Waals surface area contributed by atoms with Crippen molar-refractivity contribution >= 4 is 16.6 Å². The lowest BCUT2D eigenvalue weighted by Gasteiger charge is -2.49. The number of nitrogens with zero attached hydrogens (tertiary/aromatic N) is 2. The van der Waals surface area contributed by atoms with Crippen molar-refractivity contribution in [2.75, 3.05) is 13.7 Å². The quantitative estimate of drug-likeness (QED) is 0.490. The Labute approximate surface area is 197 Å². The Morgan fingerprint density at radius 2 is 1.82 bits per heavy atom. The fraction of sp³-hybridized carbons (Fsp3) is 0.500. The highest BCUT2D eigenvalue weighted by atomic mass is 16.5. The lowest BCUT2D eigenvalue weighted by molar-refractivity contribution is 0.0981. The van der Waals surface area contributed by atoms with Crippen molar-refractivity contribution in [2.24, 2.45) is 11.5 Å². The standard InChI is InChI=1S/C26H39N5O2/c1-8-33-23-11-16(2)29-21-13-22(32)18(12-19(21)23)20(27)9-10-24(28)31(7)17-14-25(3,4)30-26(5,6)15-17/h9-13,17,30,32H,8,14-15,27-28H2,1-7H3/b20-9-,24-10+. The first-order valence-electron chi connectivity index (χ1n) is 11.5. The average Bonchev–Trinajstić information content (AvgIpc) is 2.68. The summed E-state index contributed by atoms with van der Waals surface area (Å²) < 4.78 is 5.78. The molecule has 0 radical (unpaired) electrons. The molecule has 1 fully saturated rings. The van der Waals surface area contributed by atoms with E-state index in [1.807, 2.05) is 33.0 Å². The molecule has 0 atom stereocenters. The Morgan fingerprint density at radius 3 is 2.42 bits per heavy atom. The maximum Gasteiger partial charge on any atom is 0.130 e. The summed E-state index contributed by atoms with van der Waals surface area (Å²) in [5.74, 6) is 1.42. The largest absolute Gasteiger partial charge is 0.507 e. The van der Waals surface area contributed by atoms with Gasteiger partial charge in [-0.3, -0.25) is 4.98 Å². The van der Waals surface area contributed by atoms with Gasteiger partial charge >= 0.3 is 0 Å². The van der Waals surface area contributed by atoms with Crippen LogP contribution in [0.2, 0.25) is 0 Å². The summed E-state index contributed by atoms with van der Waals surface area (Å²) in [6.45, 7) is 13.3. The first kappa shape index (κ1) is 24.7. The molecule has 0 saturated carbocycles. The van der Waals surface area contributed by atoms with Crippen molar-refractivity contribution in [3.05, 3.63) is 47.4 Å². The summed E-state index contributed by atoms with van der Waals surface area (Å²) in [6.07, 6.45) is 5.52. The maximum absolute atomic E-state index is 10.6. The van der Waals surface area contributed by atoms with Gasteiger partial charge < -0.3 is 31.5 Å². The number of piperidine rings is 1. The van der Waals surface area contributed by atoms with Crippen LogP contribution in [-0.2, 0) is 0 Å². The van der Waals surface area contributed by atoms with Crippen molar-refractivity contribution in [2.45, 2.75) is 71.5 Å². The van der Waals surface area contributed by atoms with Crippen molar-refractivity contribution in [3.8, 4) is 11.5 Å². The molecule has 180 valence electrons. The molecular weight excluding hydrogens is 414 g/mol. The van der Waals surface area contributed by atoms with E-state index in [-0.39, 0.29) is 16.8 Å². The second-order valence-electron chi connectivity index (χ2n) is 10.4. The van der Waals surface area contributed by atoms with E-state index in [1.165, 1.54) is 0 Å². The number of hydrogen-bond acceptors (Lipinski definition) is 7. The SMILES string of the molecule is CCOc1cc(C)nc2cc(O)c(/C(N)=C/C=C(\N)N(C)C3CC(C)(C)NC(C)(C)C3)cc12. The summed E-state index contributed by atoms with van der Waals surface area (Å²) in [5.41, 5.74) is 15.3. The molecule has 2 aromatic rings. The van der Waals surface area contributed by atoms with E-state index in [1.54, 1.807) is 18.2 Å². The Bertz CT molecular complexity index is 1070. The van der Waals surface area contributed by atoms with Crippen molar-refractivity contribution < 1.29 is 9.84 Å². The van der Waals surface area contributed by atoms with Gasteiger partial charge in [-0.15, -0.1) is 0 Å². The minimum Gasteiger partial charge on any atom is -0.507 e. The van der Waals surface area contributed by atoms with Crippen LogP contribution >= 0.6 is 0 Å². The number of rotatable bonds is 6. The van der Waals surface area contributed by atoms with Gasteiger partial charge in [0.25, 0.3) is 0 Å². The number of aromatic nitrogens is 1. The van der Waals surface area contributed by atoms with E-state index in [0.717, 1.165) is 29.7 Å². The number of hydrogen-bond donors (Lipinski definition) is 4.